The zero-order valence-electron chi connectivity index (χ0n) is 14.2. The van der Waals surface area contributed by atoms with E-state index in [2.05, 4.69) is 10.3 Å². The van der Waals surface area contributed by atoms with Crippen LogP contribution < -0.4 is 5.32 Å². The molecule has 1 aromatic carbocycles. The first-order chi connectivity index (χ1) is 12.6. The molecule has 0 aliphatic carbocycles. The van der Waals surface area contributed by atoms with Crippen LogP contribution in [0.25, 0.3) is 0 Å². The van der Waals surface area contributed by atoms with Gasteiger partial charge in [-0.25, -0.2) is 4.98 Å². The Labute approximate surface area is 156 Å². The number of aromatic nitrogens is 1. The number of anilines is 1. The first-order valence-electron chi connectivity index (χ1n) is 8.44. The van der Waals surface area contributed by atoms with Gasteiger partial charge in [0.15, 0.2) is 0 Å². The number of pyridine rings is 1. The van der Waals surface area contributed by atoms with E-state index in [4.69, 9.17) is 0 Å². The number of hydrogen-bond acceptors (Lipinski definition) is 6. The van der Waals surface area contributed by atoms with Gasteiger partial charge in [-0.3, -0.25) is 14.9 Å². The topological polar surface area (TPSA) is 88.4 Å². The van der Waals surface area contributed by atoms with Crippen molar-refractivity contribution in [3.8, 4) is 0 Å². The molecule has 0 radical (unpaired) electrons. The van der Waals surface area contributed by atoms with Gasteiger partial charge in [0.1, 0.15) is 12.0 Å². The molecule has 1 aromatic heterocycles. The normalized spacial score (nSPS) is 16.5. The van der Waals surface area contributed by atoms with E-state index in [-0.39, 0.29) is 17.6 Å². The number of thioether (sulfide) groups is 1. The summed E-state index contributed by atoms with van der Waals surface area (Å²) in [5.74, 6) is 1.52. The number of benzene rings is 1. The van der Waals surface area contributed by atoms with Crippen molar-refractivity contribution >= 4 is 29.2 Å². The van der Waals surface area contributed by atoms with Gasteiger partial charge in [-0.2, -0.15) is 0 Å². The molecule has 1 aliphatic rings. The molecule has 1 amide bonds. The molecule has 3 rings (SSSR count). The highest BCUT2D eigenvalue weighted by Crippen LogP contribution is 2.20. The van der Waals surface area contributed by atoms with Crippen LogP contribution in [0.3, 0.4) is 0 Å². The zero-order chi connectivity index (χ0) is 18.4. The number of nitro groups is 1. The quantitative estimate of drug-likeness (QED) is 0.456. The summed E-state index contributed by atoms with van der Waals surface area (Å²) in [5.41, 5.74) is -0.0327. The van der Waals surface area contributed by atoms with Gasteiger partial charge >= 0.3 is 0 Å². The number of amides is 1. The predicted octanol–water partition coefficient (Wildman–Crippen LogP) is 3.19. The van der Waals surface area contributed by atoms with Crippen molar-refractivity contribution in [2.75, 3.05) is 24.2 Å². The van der Waals surface area contributed by atoms with E-state index in [9.17, 15) is 14.9 Å². The first kappa shape index (κ1) is 18.2. The Morgan fingerprint density at radius 2 is 2.12 bits per heavy atom. The molecule has 8 heteroatoms. The Morgan fingerprint density at radius 1 is 1.31 bits per heavy atom. The average Bonchev–Trinajstić information content (AvgIpc) is 3.11. The van der Waals surface area contributed by atoms with Crippen molar-refractivity contribution in [2.24, 2.45) is 0 Å². The minimum absolute atomic E-state index is 0.0327. The maximum Gasteiger partial charge on any atom is 0.287 e. The smallest absolute Gasteiger partial charge is 0.287 e. The van der Waals surface area contributed by atoms with E-state index in [1.54, 1.807) is 17.8 Å². The first-order valence-corrected chi connectivity index (χ1v) is 9.43. The fraction of sp³-hybridized carbons (Fsp3) is 0.333. The number of carbonyl (C=O) groups excluding carboxylic acids is 1. The lowest BCUT2D eigenvalue weighted by atomic mass is 10.2. The van der Waals surface area contributed by atoms with E-state index in [0.29, 0.717) is 18.8 Å². The maximum absolute atomic E-state index is 12.3. The Bertz CT molecular complexity index is 755. The van der Waals surface area contributed by atoms with Gasteiger partial charge in [-0.05, 0) is 24.6 Å². The molecule has 1 saturated heterocycles. The number of rotatable bonds is 7. The monoisotopic (exact) mass is 372 g/mol. The second-order valence-corrected chi connectivity index (χ2v) is 7.21. The van der Waals surface area contributed by atoms with Crippen LogP contribution in [0.15, 0.2) is 53.6 Å². The third-order valence-corrected chi connectivity index (χ3v) is 5.19. The molecule has 0 saturated carbocycles. The summed E-state index contributed by atoms with van der Waals surface area (Å²) in [6.07, 6.45) is 2.60. The molecule has 1 atom stereocenters. The summed E-state index contributed by atoms with van der Waals surface area (Å²) < 4.78 is 0. The highest BCUT2D eigenvalue weighted by molar-refractivity contribution is 7.99. The minimum Gasteiger partial charge on any atom is -0.365 e. The van der Waals surface area contributed by atoms with Gasteiger partial charge in [0.2, 0.25) is 5.91 Å². The lowest BCUT2D eigenvalue weighted by molar-refractivity contribution is -0.385. The van der Waals surface area contributed by atoms with Gasteiger partial charge in [0.25, 0.3) is 5.69 Å². The molecule has 1 aliphatic heterocycles. The minimum atomic E-state index is -0.472. The Morgan fingerprint density at radius 3 is 2.81 bits per heavy atom. The molecule has 2 heterocycles. The summed E-state index contributed by atoms with van der Waals surface area (Å²) in [6.45, 7) is 1.35. The summed E-state index contributed by atoms with van der Waals surface area (Å²) in [7, 11) is 0. The largest absolute Gasteiger partial charge is 0.365 e. The fourth-order valence-corrected chi connectivity index (χ4v) is 3.69. The molecular formula is C18H20N4O3S. The van der Waals surface area contributed by atoms with Crippen LogP contribution in [0.1, 0.15) is 12.8 Å². The summed E-state index contributed by atoms with van der Waals surface area (Å²) in [5, 5.41) is 13.9. The number of hydrogen-bond donors (Lipinski definition) is 1. The molecule has 0 bridgehead atoms. The van der Waals surface area contributed by atoms with Gasteiger partial charge in [0, 0.05) is 42.3 Å². The Balaban J connectivity index is 1.42. The number of nitrogens with one attached hydrogen (secondary N) is 1. The molecule has 136 valence electrons. The van der Waals surface area contributed by atoms with E-state index in [1.165, 1.54) is 17.2 Å². The lowest BCUT2D eigenvalue weighted by Gasteiger charge is -2.17. The summed E-state index contributed by atoms with van der Waals surface area (Å²) >= 11 is 1.69. The van der Waals surface area contributed by atoms with Crippen LogP contribution in [-0.4, -0.2) is 45.6 Å². The Kier molecular flexibility index (Phi) is 6.06. The zero-order valence-corrected chi connectivity index (χ0v) is 15.0. The third-order valence-electron chi connectivity index (χ3n) is 4.18. The highest BCUT2D eigenvalue weighted by Gasteiger charge is 2.26. The van der Waals surface area contributed by atoms with Crippen molar-refractivity contribution in [2.45, 2.75) is 23.8 Å². The van der Waals surface area contributed by atoms with Gasteiger partial charge in [-0.15, -0.1) is 11.8 Å². The SMILES string of the molecule is O=C(CCSc1ccccc1)N1CCC(Nc2ccc([N+](=O)[O-])cn2)C1. The van der Waals surface area contributed by atoms with Crippen LogP contribution >= 0.6 is 11.8 Å². The van der Waals surface area contributed by atoms with Crippen LogP contribution in [0.5, 0.6) is 0 Å². The van der Waals surface area contributed by atoms with Crippen LogP contribution in [0.4, 0.5) is 11.5 Å². The van der Waals surface area contributed by atoms with Crippen molar-refractivity contribution < 1.29 is 9.72 Å². The second kappa shape index (κ2) is 8.66. The molecule has 2 aromatic rings. The second-order valence-electron chi connectivity index (χ2n) is 6.04. The molecule has 1 unspecified atom stereocenters. The van der Waals surface area contributed by atoms with Crippen molar-refractivity contribution in [3.05, 3.63) is 58.8 Å². The van der Waals surface area contributed by atoms with E-state index in [0.717, 1.165) is 18.7 Å². The lowest BCUT2D eigenvalue weighted by Crippen LogP contribution is -2.31. The molecule has 1 fully saturated rings. The maximum atomic E-state index is 12.3. The number of nitrogens with zero attached hydrogens (tertiary/aromatic N) is 3. The van der Waals surface area contributed by atoms with Crippen molar-refractivity contribution in [1.29, 1.82) is 0 Å². The molecule has 7 nitrogen and oxygen atoms in total. The predicted molar refractivity (Wildman–Crippen MR) is 101 cm³/mol. The van der Waals surface area contributed by atoms with Crippen LogP contribution in [0.2, 0.25) is 0 Å². The molecule has 1 N–H and O–H groups in total. The van der Waals surface area contributed by atoms with E-state index < -0.39 is 4.92 Å². The van der Waals surface area contributed by atoms with Crippen LogP contribution in [-0.2, 0) is 4.79 Å². The number of likely N-dealkylation sites (tertiary alicyclic amines) is 1. The highest BCUT2D eigenvalue weighted by atomic mass is 32.2. The van der Waals surface area contributed by atoms with Crippen molar-refractivity contribution in [3.63, 3.8) is 0 Å². The molecular weight excluding hydrogens is 352 g/mol. The standard InChI is InChI=1S/C18H20N4O3S/c23-18(9-11-26-16-4-2-1-3-5-16)21-10-8-14(13-21)20-17-7-6-15(12-19-17)22(24)25/h1-7,12,14H,8-11,13H2,(H,19,20). The van der Waals surface area contributed by atoms with E-state index in [1.807, 2.05) is 35.2 Å². The molecule has 26 heavy (non-hydrogen) atoms. The van der Waals surface area contributed by atoms with Crippen LogP contribution in [0, 0.1) is 10.1 Å². The van der Waals surface area contributed by atoms with Crippen molar-refractivity contribution in [1.82, 2.24) is 9.88 Å². The average molecular weight is 372 g/mol. The van der Waals surface area contributed by atoms with E-state index >= 15 is 0 Å². The van der Waals surface area contributed by atoms with Gasteiger partial charge in [0.05, 0.1) is 4.92 Å². The molecule has 0 spiro atoms. The Hall–Kier alpha value is -2.61. The van der Waals surface area contributed by atoms with Gasteiger partial charge < -0.3 is 10.2 Å². The summed E-state index contributed by atoms with van der Waals surface area (Å²) in [4.78, 5) is 29.6. The third kappa shape index (κ3) is 4.95. The van der Waals surface area contributed by atoms with Gasteiger partial charge in [-0.1, -0.05) is 18.2 Å². The fourth-order valence-electron chi connectivity index (χ4n) is 2.82. The number of carbonyl (C=O) groups is 1. The summed E-state index contributed by atoms with van der Waals surface area (Å²) in [6, 6.07) is 13.2.